The normalized spacial score (nSPS) is 10.4. The van der Waals surface area contributed by atoms with Crippen molar-refractivity contribution in [3.8, 4) is 5.75 Å². The predicted molar refractivity (Wildman–Crippen MR) is 94.2 cm³/mol. The fourth-order valence-electron chi connectivity index (χ4n) is 2.40. The Hall–Kier alpha value is -2.56. The molecule has 0 spiro atoms. The van der Waals surface area contributed by atoms with E-state index in [1.165, 1.54) is 0 Å². The minimum atomic E-state index is -0.0148. The number of hydrogen-bond acceptors (Lipinski definition) is 3. The third-order valence-corrected chi connectivity index (χ3v) is 3.74. The third-order valence-electron chi connectivity index (χ3n) is 3.74. The van der Waals surface area contributed by atoms with Crippen molar-refractivity contribution in [3.05, 3.63) is 64.6 Å². The highest BCUT2D eigenvalue weighted by molar-refractivity contribution is 5.75. The van der Waals surface area contributed by atoms with E-state index in [1.807, 2.05) is 43.3 Å². The summed E-state index contributed by atoms with van der Waals surface area (Å²) in [5, 5.41) is 2.88. The number of aromatic nitrogens is 1. The van der Waals surface area contributed by atoms with Crippen LogP contribution in [0.15, 0.2) is 53.3 Å². The Labute approximate surface area is 142 Å². The van der Waals surface area contributed by atoms with Crippen LogP contribution >= 0.6 is 0 Å². The molecule has 0 atom stereocenters. The number of pyridine rings is 1. The molecule has 0 aliphatic heterocycles. The van der Waals surface area contributed by atoms with E-state index in [2.05, 4.69) is 5.32 Å². The molecule has 0 radical (unpaired) electrons. The van der Waals surface area contributed by atoms with Gasteiger partial charge in [0.2, 0.25) is 5.91 Å². The van der Waals surface area contributed by atoms with Crippen molar-refractivity contribution in [2.45, 2.75) is 32.7 Å². The van der Waals surface area contributed by atoms with Crippen molar-refractivity contribution in [1.82, 2.24) is 9.88 Å². The largest absolute Gasteiger partial charge is 0.493 e. The van der Waals surface area contributed by atoms with Gasteiger partial charge in [-0.3, -0.25) is 9.59 Å². The lowest BCUT2D eigenvalue weighted by molar-refractivity contribution is -0.121. The van der Waals surface area contributed by atoms with Crippen molar-refractivity contribution in [2.24, 2.45) is 0 Å². The Morgan fingerprint density at radius 2 is 1.88 bits per heavy atom. The molecule has 2 rings (SSSR count). The Morgan fingerprint density at radius 3 is 2.62 bits per heavy atom. The summed E-state index contributed by atoms with van der Waals surface area (Å²) in [5.41, 5.74) is 0.988. The maximum absolute atomic E-state index is 11.7. The van der Waals surface area contributed by atoms with Crippen LogP contribution in [0.2, 0.25) is 0 Å². The third kappa shape index (κ3) is 5.91. The average Bonchev–Trinajstić information content (AvgIpc) is 2.58. The zero-order valence-electron chi connectivity index (χ0n) is 14.0. The van der Waals surface area contributed by atoms with Gasteiger partial charge in [-0.1, -0.05) is 24.3 Å². The predicted octanol–water partition coefficient (Wildman–Crippen LogP) is 2.52. The van der Waals surface area contributed by atoms with Crippen LogP contribution in [-0.4, -0.2) is 23.6 Å². The van der Waals surface area contributed by atoms with Gasteiger partial charge >= 0.3 is 0 Å². The lowest BCUT2D eigenvalue weighted by atomic mass is 10.2. The number of amides is 1. The number of carbonyl (C=O) groups excluding carboxylic acids is 1. The molecule has 5 nitrogen and oxygen atoms in total. The summed E-state index contributed by atoms with van der Waals surface area (Å²) in [6.07, 6.45) is 2.03. The topological polar surface area (TPSA) is 60.3 Å². The molecule has 0 saturated heterocycles. The van der Waals surface area contributed by atoms with Gasteiger partial charge in [-0.25, -0.2) is 0 Å². The highest BCUT2D eigenvalue weighted by Gasteiger charge is 2.02. The molecule has 1 amide bonds. The van der Waals surface area contributed by atoms with E-state index in [9.17, 15) is 9.59 Å². The number of para-hydroxylation sites is 1. The first kappa shape index (κ1) is 17.8. The molecule has 0 aliphatic rings. The van der Waals surface area contributed by atoms with Crippen LogP contribution in [0.1, 0.15) is 25.0 Å². The molecule has 0 bridgehead atoms. The molecule has 0 fully saturated rings. The van der Waals surface area contributed by atoms with E-state index in [-0.39, 0.29) is 11.5 Å². The Morgan fingerprint density at radius 1 is 1.08 bits per heavy atom. The molecule has 0 saturated carbocycles. The van der Waals surface area contributed by atoms with Crippen LogP contribution < -0.4 is 15.6 Å². The number of carbonyl (C=O) groups is 1. The van der Waals surface area contributed by atoms with E-state index in [0.717, 1.165) is 24.3 Å². The molecule has 5 heteroatoms. The van der Waals surface area contributed by atoms with Crippen molar-refractivity contribution in [3.63, 3.8) is 0 Å². The zero-order valence-corrected chi connectivity index (χ0v) is 14.0. The van der Waals surface area contributed by atoms with E-state index < -0.39 is 0 Å². The SMILES string of the molecule is Cc1cccc(=O)n1CCCCNC(=O)CCOc1ccccc1. The lowest BCUT2D eigenvalue weighted by Crippen LogP contribution is -2.26. The van der Waals surface area contributed by atoms with Crippen LogP contribution in [0.4, 0.5) is 0 Å². The van der Waals surface area contributed by atoms with E-state index in [0.29, 0.717) is 26.1 Å². The first-order chi connectivity index (χ1) is 11.7. The fraction of sp³-hybridized carbons (Fsp3) is 0.368. The highest BCUT2D eigenvalue weighted by Crippen LogP contribution is 2.08. The van der Waals surface area contributed by atoms with Crippen LogP contribution in [-0.2, 0) is 11.3 Å². The molecule has 24 heavy (non-hydrogen) atoms. The summed E-state index contributed by atoms with van der Waals surface area (Å²) in [6.45, 7) is 3.59. The smallest absolute Gasteiger partial charge is 0.250 e. The number of rotatable bonds is 9. The number of ether oxygens (including phenoxy) is 1. The number of nitrogens with zero attached hydrogens (tertiary/aromatic N) is 1. The van der Waals surface area contributed by atoms with Gasteiger partial charge in [0.1, 0.15) is 5.75 Å². The Bertz CT molecular complexity index is 695. The zero-order chi connectivity index (χ0) is 17.2. The quantitative estimate of drug-likeness (QED) is 0.720. The second kappa shape index (κ2) is 9.55. The van der Waals surface area contributed by atoms with Crippen LogP contribution in [0.3, 0.4) is 0 Å². The number of unbranched alkanes of at least 4 members (excludes halogenated alkanes) is 1. The van der Waals surface area contributed by atoms with E-state index in [4.69, 9.17) is 4.74 Å². The highest BCUT2D eigenvalue weighted by atomic mass is 16.5. The maximum atomic E-state index is 11.7. The number of benzene rings is 1. The molecule has 0 unspecified atom stereocenters. The molecular weight excluding hydrogens is 304 g/mol. The molecule has 1 aromatic carbocycles. The van der Waals surface area contributed by atoms with Gasteiger partial charge in [0.25, 0.3) is 5.56 Å². The second-order valence-corrected chi connectivity index (χ2v) is 5.63. The van der Waals surface area contributed by atoms with Gasteiger partial charge in [-0.2, -0.15) is 0 Å². The van der Waals surface area contributed by atoms with Gasteiger partial charge in [0, 0.05) is 24.8 Å². The van der Waals surface area contributed by atoms with Crippen molar-refractivity contribution in [2.75, 3.05) is 13.2 Å². The van der Waals surface area contributed by atoms with Crippen molar-refractivity contribution < 1.29 is 9.53 Å². The van der Waals surface area contributed by atoms with Gasteiger partial charge in [0.05, 0.1) is 13.0 Å². The van der Waals surface area contributed by atoms with E-state index >= 15 is 0 Å². The Balaban J connectivity index is 1.57. The van der Waals surface area contributed by atoms with Gasteiger partial charge < -0.3 is 14.6 Å². The number of nitrogens with one attached hydrogen (secondary N) is 1. The van der Waals surface area contributed by atoms with Crippen molar-refractivity contribution in [1.29, 1.82) is 0 Å². The van der Waals surface area contributed by atoms with Crippen LogP contribution in [0.5, 0.6) is 5.75 Å². The standard InChI is InChI=1S/C19H24N2O3/c1-16-8-7-11-19(23)21(16)14-6-5-13-20-18(22)12-15-24-17-9-3-2-4-10-17/h2-4,7-11H,5-6,12-15H2,1H3,(H,20,22). The molecule has 128 valence electrons. The molecule has 2 aromatic rings. The van der Waals surface area contributed by atoms with Crippen LogP contribution in [0, 0.1) is 6.92 Å². The fourth-order valence-corrected chi connectivity index (χ4v) is 2.40. The maximum Gasteiger partial charge on any atom is 0.250 e. The first-order valence-corrected chi connectivity index (χ1v) is 8.28. The minimum Gasteiger partial charge on any atom is -0.493 e. The molecule has 0 aliphatic carbocycles. The summed E-state index contributed by atoms with van der Waals surface area (Å²) in [6, 6.07) is 14.7. The lowest BCUT2D eigenvalue weighted by Gasteiger charge is -2.10. The monoisotopic (exact) mass is 328 g/mol. The van der Waals surface area contributed by atoms with E-state index in [1.54, 1.807) is 16.7 Å². The average molecular weight is 328 g/mol. The molecule has 1 heterocycles. The van der Waals surface area contributed by atoms with Gasteiger partial charge in [0.15, 0.2) is 0 Å². The summed E-state index contributed by atoms with van der Waals surface area (Å²) in [4.78, 5) is 23.5. The number of hydrogen-bond donors (Lipinski definition) is 1. The second-order valence-electron chi connectivity index (χ2n) is 5.63. The van der Waals surface area contributed by atoms with Gasteiger partial charge in [-0.15, -0.1) is 0 Å². The first-order valence-electron chi connectivity index (χ1n) is 8.28. The molecule has 1 aromatic heterocycles. The van der Waals surface area contributed by atoms with Crippen molar-refractivity contribution >= 4 is 5.91 Å². The molecular formula is C19H24N2O3. The molecule has 1 N–H and O–H groups in total. The summed E-state index contributed by atoms with van der Waals surface area (Å²) in [5.74, 6) is 0.757. The Kier molecular flexibility index (Phi) is 7.08. The summed E-state index contributed by atoms with van der Waals surface area (Å²) < 4.78 is 7.25. The van der Waals surface area contributed by atoms with Gasteiger partial charge in [-0.05, 0) is 38.0 Å². The minimum absolute atomic E-state index is 0.0148. The summed E-state index contributed by atoms with van der Waals surface area (Å²) >= 11 is 0. The number of aryl methyl sites for hydroxylation is 1. The van der Waals surface area contributed by atoms with Crippen LogP contribution in [0.25, 0.3) is 0 Å². The summed E-state index contributed by atoms with van der Waals surface area (Å²) in [7, 11) is 0.